The molecular formula is C19H15ClF3N3O2. The summed E-state index contributed by atoms with van der Waals surface area (Å²) in [6, 6.07) is 10.3. The molecular weight excluding hydrogens is 395 g/mol. The fraction of sp³-hybridized carbons (Fsp3) is 0.211. The first-order valence-corrected chi connectivity index (χ1v) is 8.66. The van der Waals surface area contributed by atoms with Crippen LogP contribution in [-0.2, 0) is 17.4 Å². The molecule has 0 aliphatic rings. The molecule has 3 rings (SSSR count). The molecule has 28 heavy (non-hydrogen) atoms. The zero-order chi connectivity index (χ0) is 20.3. The predicted molar refractivity (Wildman–Crippen MR) is 97.9 cm³/mol. The maximum Gasteiger partial charge on any atom is 0.416 e. The predicted octanol–water partition coefficient (Wildman–Crippen LogP) is 5.29. The van der Waals surface area contributed by atoms with Gasteiger partial charge in [-0.25, -0.2) is 0 Å². The maximum atomic E-state index is 12.8. The van der Waals surface area contributed by atoms with E-state index < -0.39 is 17.6 Å². The molecule has 0 fully saturated rings. The number of nitrogens with one attached hydrogen (secondary N) is 1. The highest BCUT2D eigenvalue weighted by atomic mass is 35.5. The van der Waals surface area contributed by atoms with Crippen LogP contribution in [0.4, 0.5) is 18.9 Å². The molecule has 3 aromatic rings. The van der Waals surface area contributed by atoms with E-state index in [1.54, 1.807) is 0 Å². The second-order valence-electron chi connectivity index (χ2n) is 6.12. The van der Waals surface area contributed by atoms with Crippen molar-refractivity contribution in [1.29, 1.82) is 0 Å². The number of carbonyl (C=O) groups excluding carboxylic acids is 1. The standard InChI is InChI=1S/C19H15ClF3N3O2/c1-11-3-2-4-12(9-11)18-25-17(28-26-18)8-7-16(27)24-15-10-13(19(21,22)23)5-6-14(15)20/h2-6,9-10H,7-8H2,1H3,(H,24,27). The quantitative estimate of drug-likeness (QED) is 0.621. The Bertz CT molecular complexity index is 1000. The maximum absolute atomic E-state index is 12.8. The van der Waals surface area contributed by atoms with Crippen molar-refractivity contribution in [3.63, 3.8) is 0 Å². The minimum absolute atomic E-state index is 0.0147. The van der Waals surface area contributed by atoms with E-state index in [2.05, 4.69) is 15.5 Å². The number of hydrogen-bond donors (Lipinski definition) is 1. The number of benzene rings is 2. The van der Waals surface area contributed by atoms with Crippen LogP contribution in [0.3, 0.4) is 0 Å². The molecule has 9 heteroatoms. The van der Waals surface area contributed by atoms with Crippen molar-refractivity contribution < 1.29 is 22.5 Å². The molecule has 146 valence electrons. The summed E-state index contributed by atoms with van der Waals surface area (Å²) in [7, 11) is 0. The lowest BCUT2D eigenvalue weighted by Crippen LogP contribution is -2.14. The third kappa shape index (κ3) is 4.89. The Labute approximate surface area is 163 Å². The van der Waals surface area contributed by atoms with Crippen LogP contribution in [0, 0.1) is 6.92 Å². The van der Waals surface area contributed by atoms with Crippen LogP contribution in [0.15, 0.2) is 47.0 Å². The van der Waals surface area contributed by atoms with Gasteiger partial charge in [0.05, 0.1) is 16.3 Å². The summed E-state index contributed by atoms with van der Waals surface area (Å²) in [5, 5.41) is 6.27. The summed E-state index contributed by atoms with van der Waals surface area (Å²) in [5.41, 5.74) is 0.829. The number of alkyl halides is 3. The van der Waals surface area contributed by atoms with Gasteiger partial charge in [-0.2, -0.15) is 18.2 Å². The molecule has 1 aromatic heterocycles. The second kappa shape index (κ2) is 8.02. The summed E-state index contributed by atoms with van der Waals surface area (Å²) < 4.78 is 43.5. The Morgan fingerprint density at radius 1 is 1.21 bits per heavy atom. The van der Waals surface area contributed by atoms with Gasteiger partial charge in [-0.15, -0.1) is 0 Å². The normalized spacial score (nSPS) is 11.5. The molecule has 0 spiro atoms. The fourth-order valence-electron chi connectivity index (χ4n) is 2.49. The van der Waals surface area contributed by atoms with E-state index in [0.29, 0.717) is 5.82 Å². The zero-order valence-corrected chi connectivity index (χ0v) is 15.4. The minimum Gasteiger partial charge on any atom is -0.339 e. The monoisotopic (exact) mass is 409 g/mol. The van der Waals surface area contributed by atoms with Gasteiger partial charge in [0.15, 0.2) is 0 Å². The van der Waals surface area contributed by atoms with Gasteiger partial charge >= 0.3 is 6.18 Å². The van der Waals surface area contributed by atoms with Crippen molar-refractivity contribution in [3.05, 3.63) is 64.5 Å². The van der Waals surface area contributed by atoms with E-state index in [1.165, 1.54) is 0 Å². The van der Waals surface area contributed by atoms with Crippen LogP contribution in [0.5, 0.6) is 0 Å². The molecule has 0 saturated heterocycles. The van der Waals surface area contributed by atoms with Crippen molar-refractivity contribution in [1.82, 2.24) is 10.1 Å². The van der Waals surface area contributed by atoms with Gasteiger partial charge in [0.1, 0.15) is 0 Å². The molecule has 0 atom stereocenters. The topological polar surface area (TPSA) is 68.0 Å². The van der Waals surface area contributed by atoms with E-state index in [-0.39, 0.29) is 29.4 Å². The van der Waals surface area contributed by atoms with E-state index in [1.807, 2.05) is 31.2 Å². The van der Waals surface area contributed by atoms with E-state index in [4.69, 9.17) is 16.1 Å². The van der Waals surface area contributed by atoms with E-state index >= 15 is 0 Å². The van der Waals surface area contributed by atoms with Crippen LogP contribution in [0.2, 0.25) is 5.02 Å². The van der Waals surface area contributed by atoms with Crippen LogP contribution in [-0.4, -0.2) is 16.0 Å². The summed E-state index contributed by atoms with van der Waals surface area (Å²) in [4.78, 5) is 16.3. The SMILES string of the molecule is Cc1cccc(-c2noc(CCC(=O)Nc3cc(C(F)(F)F)ccc3Cl)n2)c1. The smallest absolute Gasteiger partial charge is 0.339 e. The van der Waals surface area contributed by atoms with Gasteiger partial charge in [0.2, 0.25) is 17.6 Å². The van der Waals surface area contributed by atoms with Gasteiger partial charge < -0.3 is 9.84 Å². The Morgan fingerprint density at radius 3 is 2.71 bits per heavy atom. The summed E-state index contributed by atoms with van der Waals surface area (Å²) >= 11 is 5.87. The molecule has 0 saturated carbocycles. The highest BCUT2D eigenvalue weighted by Crippen LogP contribution is 2.33. The molecule has 0 bridgehead atoms. The molecule has 2 aromatic carbocycles. The summed E-state index contributed by atoms with van der Waals surface area (Å²) in [5.74, 6) is 0.137. The molecule has 1 amide bonds. The van der Waals surface area contributed by atoms with Crippen molar-refractivity contribution in [2.45, 2.75) is 25.9 Å². The first-order chi connectivity index (χ1) is 13.2. The summed E-state index contributed by atoms with van der Waals surface area (Å²) in [6.07, 6.45) is -4.44. The first-order valence-electron chi connectivity index (χ1n) is 8.28. The zero-order valence-electron chi connectivity index (χ0n) is 14.7. The average Bonchev–Trinajstić information content (AvgIpc) is 3.10. The van der Waals surface area contributed by atoms with Crippen LogP contribution < -0.4 is 5.32 Å². The van der Waals surface area contributed by atoms with Crippen LogP contribution in [0.25, 0.3) is 11.4 Å². The van der Waals surface area contributed by atoms with Gasteiger partial charge in [0, 0.05) is 18.4 Å². The van der Waals surface area contributed by atoms with Gasteiger partial charge in [-0.05, 0) is 31.2 Å². The van der Waals surface area contributed by atoms with Crippen molar-refractivity contribution in [2.24, 2.45) is 0 Å². The lowest BCUT2D eigenvalue weighted by Gasteiger charge is -2.11. The van der Waals surface area contributed by atoms with E-state index in [0.717, 1.165) is 29.3 Å². The van der Waals surface area contributed by atoms with Gasteiger partial charge in [0.25, 0.3) is 0 Å². The molecule has 5 nitrogen and oxygen atoms in total. The molecule has 1 heterocycles. The van der Waals surface area contributed by atoms with Gasteiger partial charge in [-0.3, -0.25) is 4.79 Å². The number of halogens is 4. The highest BCUT2D eigenvalue weighted by molar-refractivity contribution is 6.33. The number of aromatic nitrogens is 2. The third-order valence-corrected chi connectivity index (χ3v) is 4.21. The number of amides is 1. The fourth-order valence-corrected chi connectivity index (χ4v) is 2.65. The lowest BCUT2D eigenvalue weighted by molar-refractivity contribution is -0.137. The minimum atomic E-state index is -4.53. The highest BCUT2D eigenvalue weighted by Gasteiger charge is 2.31. The molecule has 1 N–H and O–H groups in total. The molecule has 0 radical (unpaired) electrons. The number of rotatable bonds is 5. The summed E-state index contributed by atoms with van der Waals surface area (Å²) in [6.45, 7) is 1.94. The van der Waals surface area contributed by atoms with Crippen LogP contribution in [0.1, 0.15) is 23.4 Å². The molecule has 0 aliphatic carbocycles. The van der Waals surface area contributed by atoms with Crippen molar-refractivity contribution >= 4 is 23.2 Å². The number of anilines is 1. The number of aryl methyl sites for hydroxylation is 2. The van der Waals surface area contributed by atoms with Gasteiger partial charge in [-0.1, -0.05) is 40.5 Å². The van der Waals surface area contributed by atoms with E-state index in [9.17, 15) is 18.0 Å². The largest absolute Gasteiger partial charge is 0.416 e. The number of nitrogens with zero attached hydrogens (tertiary/aromatic N) is 2. The number of hydrogen-bond acceptors (Lipinski definition) is 4. The Morgan fingerprint density at radius 2 is 2.00 bits per heavy atom. The second-order valence-corrected chi connectivity index (χ2v) is 6.53. The van der Waals surface area contributed by atoms with Crippen LogP contribution >= 0.6 is 11.6 Å². The Hall–Kier alpha value is -2.87. The molecule has 0 unspecified atom stereocenters. The number of carbonyl (C=O) groups is 1. The first kappa shape index (κ1) is 19.9. The Kier molecular flexibility index (Phi) is 5.69. The lowest BCUT2D eigenvalue weighted by atomic mass is 10.1. The molecule has 0 aliphatic heterocycles. The van der Waals surface area contributed by atoms with Crippen molar-refractivity contribution in [2.75, 3.05) is 5.32 Å². The third-order valence-electron chi connectivity index (χ3n) is 3.88. The van der Waals surface area contributed by atoms with Crippen molar-refractivity contribution in [3.8, 4) is 11.4 Å². The Balaban J connectivity index is 1.62. The average molecular weight is 410 g/mol.